The number of hydrogen-bond acceptors (Lipinski definition) is 1. The molecule has 0 fully saturated rings. The molecule has 0 bridgehead atoms. The fraction of sp³-hybridized carbons (Fsp3) is 0.636. The Morgan fingerprint density at radius 2 is 1.43 bits per heavy atom. The standard InChI is InChI=1S/C22H37N/c1-5-6-7-8-9-10-11-12-13-20(2)14-15-21-16-18-22(19-17-21)23(3)4/h14-20H,5-13H2,1-4H3. The first-order chi connectivity index (χ1) is 11.1. The largest absolute Gasteiger partial charge is 0.378 e. The highest BCUT2D eigenvalue weighted by Crippen LogP contribution is 2.17. The van der Waals surface area contributed by atoms with E-state index in [1.54, 1.807) is 0 Å². The molecule has 23 heavy (non-hydrogen) atoms. The van der Waals surface area contributed by atoms with E-state index in [0.29, 0.717) is 5.92 Å². The Bertz CT molecular complexity index is 416. The van der Waals surface area contributed by atoms with Crippen LogP contribution in [-0.2, 0) is 0 Å². The smallest absolute Gasteiger partial charge is 0.0361 e. The lowest BCUT2D eigenvalue weighted by Crippen LogP contribution is -2.07. The van der Waals surface area contributed by atoms with Gasteiger partial charge in [-0.2, -0.15) is 0 Å². The second-order valence-corrected chi connectivity index (χ2v) is 7.09. The molecule has 1 atom stereocenters. The third-order valence-corrected chi connectivity index (χ3v) is 4.54. The molecule has 0 aliphatic carbocycles. The van der Waals surface area contributed by atoms with Gasteiger partial charge in [0.15, 0.2) is 0 Å². The van der Waals surface area contributed by atoms with E-state index in [1.807, 2.05) is 0 Å². The fourth-order valence-electron chi connectivity index (χ4n) is 2.86. The molecular weight excluding hydrogens is 278 g/mol. The van der Waals surface area contributed by atoms with Crippen LogP contribution in [0, 0.1) is 5.92 Å². The zero-order chi connectivity index (χ0) is 16.9. The number of rotatable bonds is 12. The lowest BCUT2D eigenvalue weighted by molar-refractivity contribution is 0.533. The number of nitrogens with zero attached hydrogens (tertiary/aromatic N) is 1. The average molecular weight is 316 g/mol. The molecule has 130 valence electrons. The molecule has 1 nitrogen and oxygen atoms in total. The van der Waals surface area contributed by atoms with E-state index in [9.17, 15) is 0 Å². The fourth-order valence-corrected chi connectivity index (χ4v) is 2.86. The van der Waals surface area contributed by atoms with Crippen LogP contribution in [0.15, 0.2) is 30.3 Å². The third-order valence-electron chi connectivity index (χ3n) is 4.54. The van der Waals surface area contributed by atoms with E-state index >= 15 is 0 Å². The number of hydrogen-bond donors (Lipinski definition) is 0. The first-order valence-corrected chi connectivity index (χ1v) is 9.59. The summed E-state index contributed by atoms with van der Waals surface area (Å²) in [6, 6.07) is 8.77. The summed E-state index contributed by atoms with van der Waals surface area (Å²) in [4.78, 5) is 2.14. The van der Waals surface area contributed by atoms with Gasteiger partial charge in [-0.05, 0) is 30.0 Å². The van der Waals surface area contributed by atoms with Gasteiger partial charge >= 0.3 is 0 Å². The first-order valence-electron chi connectivity index (χ1n) is 9.59. The minimum Gasteiger partial charge on any atom is -0.378 e. The predicted octanol–water partition coefficient (Wildman–Crippen LogP) is 6.93. The molecule has 0 spiro atoms. The number of benzene rings is 1. The number of unbranched alkanes of at least 4 members (excludes halogenated alkanes) is 7. The molecule has 0 saturated heterocycles. The van der Waals surface area contributed by atoms with Crippen molar-refractivity contribution in [3.8, 4) is 0 Å². The van der Waals surface area contributed by atoms with Gasteiger partial charge < -0.3 is 4.90 Å². The summed E-state index contributed by atoms with van der Waals surface area (Å²) in [5.41, 5.74) is 2.56. The topological polar surface area (TPSA) is 3.24 Å². The maximum Gasteiger partial charge on any atom is 0.0361 e. The summed E-state index contributed by atoms with van der Waals surface area (Å²) in [6.07, 6.45) is 17.2. The summed E-state index contributed by atoms with van der Waals surface area (Å²) in [5.74, 6) is 0.684. The van der Waals surface area contributed by atoms with Gasteiger partial charge in [0.1, 0.15) is 0 Å². The number of anilines is 1. The van der Waals surface area contributed by atoms with Gasteiger partial charge in [0.05, 0.1) is 0 Å². The lowest BCUT2D eigenvalue weighted by Gasteiger charge is -2.12. The van der Waals surface area contributed by atoms with Crippen LogP contribution in [0.25, 0.3) is 6.08 Å². The molecule has 1 aromatic rings. The van der Waals surface area contributed by atoms with Crippen LogP contribution in [0.4, 0.5) is 5.69 Å². The molecule has 0 amide bonds. The third kappa shape index (κ3) is 9.48. The van der Waals surface area contributed by atoms with Crippen molar-refractivity contribution in [2.75, 3.05) is 19.0 Å². The Morgan fingerprint density at radius 1 is 0.870 bits per heavy atom. The van der Waals surface area contributed by atoms with Gasteiger partial charge in [-0.1, -0.05) is 89.5 Å². The van der Waals surface area contributed by atoms with Crippen molar-refractivity contribution in [3.05, 3.63) is 35.9 Å². The van der Waals surface area contributed by atoms with E-state index in [4.69, 9.17) is 0 Å². The molecule has 1 unspecified atom stereocenters. The van der Waals surface area contributed by atoms with Crippen LogP contribution >= 0.6 is 0 Å². The Labute approximate surface area is 144 Å². The predicted molar refractivity (Wildman–Crippen MR) is 106 cm³/mol. The second kappa shape index (κ2) is 12.2. The van der Waals surface area contributed by atoms with Crippen LogP contribution in [0.1, 0.15) is 77.2 Å². The summed E-state index contributed by atoms with van der Waals surface area (Å²) in [6.45, 7) is 4.62. The molecule has 0 heterocycles. The second-order valence-electron chi connectivity index (χ2n) is 7.09. The highest BCUT2D eigenvalue weighted by Gasteiger charge is 1.99. The van der Waals surface area contributed by atoms with Gasteiger partial charge in [0.2, 0.25) is 0 Å². The Morgan fingerprint density at radius 3 is 2.00 bits per heavy atom. The van der Waals surface area contributed by atoms with Gasteiger partial charge in [0, 0.05) is 19.8 Å². The number of allylic oxidation sites excluding steroid dienone is 1. The minimum absolute atomic E-state index is 0.684. The van der Waals surface area contributed by atoms with Crippen molar-refractivity contribution in [1.29, 1.82) is 0 Å². The highest BCUT2D eigenvalue weighted by molar-refractivity contribution is 5.55. The maximum atomic E-state index is 2.37. The molecule has 1 heteroatoms. The average Bonchev–Trinajstić information content (AvgIpc) is 2.55. The Hall–Kier alpha value is -1.24. The van der Waals surface area contributed by atoms with E-state index in [0.717, 1.165) is 0 Å². The van der Waals surface area contributed by atoms with Crippen molar-refractivity contribution in [3.63, 3.8) is 0 Å². The lowest BCUT2D eigenvalue weighted by atomic mass is 10.00. The van der Waals surface area contributed by atoms with Crippen LogP contribution in [0.3, 0.4) is 0 Å². The molecule has 0 saturated carbocycles. The summed E-state index contributed by atoms with van der Waals surface area (Å²) >= 11 is 0. The molecular formula is C22H37N. The van der Waals surface area contributed by atoms with E-state index in [2.05, 4.69) is 69.3 Å². The van der Waals surface area contributed by atoms with Gasteiger partial charge in [-0.3, -0.25) is 0 Å². The molecule has 0 aliphatic heterocycles. The Kier molecular flexibility index (Phi) is 10.5. The van der Waals surface area contributed by atoms with Crippen molar-refractivity contribution in [2.45, 2.75) is 71.6 Å². The van der Waals surface area contributed by atoms with Crippen molar-refractivity contribution in [1.82, 2.24) is 0 Å². The van der Waals surface area contributed by atoms with Gasteiger partial charge in [0.25, 0.3) is 0 Å². The van der Waals surface area contributed by atoms with E-state index in [1.165, 1.54) is 69.0 Å². The highest BCUT2D eigenvalue weighted by atomic mass is 15.1. The van der Waals surface area contributed by atoms with Crippen molar-refractivity contribution >= 4 is 11.8 Å². The molecule has 0 aromatic heterocycles. The molecule has 0 aliphatic rings. The van der Waals surface area contributed by atoms with Crippen LogP contribution < -0.4 is 4.90 Å². The van der Waals surface area contributed by atoms with Crippen LogP contribution in [0.2, 0.25) is 0 Å². The maximum absolute atomic E-state index is 2.37. The summed E-state index contributed by atoms with van der Waals surface area (Å²) < 4.78 is 0. The van der Waals surface area contributed by atoms with E-state index in [-0.39, 0.29) is 0 Å². The minimum atomic E-state index is 0.684. The summed E-state index contributed by atoms with van der Waals surface area (Å²) in [7, 11) is 4.16. The first kappa shape index (κ1) is 19.8. The monoisotopic (exact) mass is 315 g/mol. The zero-order valence-electron chi connectivity index (χ0n) is 15.9. The van der Waals surface area contributed by atoms with Crippen LogP contribution in [-0.4, -0.2) is 14.1 Å². The normalized spacial score (nSPS) is 12.7. The van der Waals surface area contributed by atoms with Crippen LogP contribution in [0.5, 0.6) is 0 Å². The molecule has 0 radical (unpaired) electrons. The zero-order valence-corrected chi connectivity index (χ0v) is 15.9. The SMILES string of the molecule is CCCCCCCCCCC(C)C=Cc1ccc(N(C)C)cc1. The quantitative estimate of drug-likeness (QED) is 0.378. The molecule has 1 aromatic carbocycles. The van der Waals surface area contributed by atoms with Gasteiger partial charge in [-0.25, -0.2) is 0 Å². The molecule has 0 N–H and O–H groups in total. The van der Waals surface area contributed by atoms with Crippen molar-refractivity contribution in [2.24, 2.45) is 5.92 Å². The summed E-state index contributed by atoms with van der Waals surface area (Å²) in [5, 5.41) is 0. The Balaban J connectivity index is 2.14. The van der Waals surface area contributed by atoms with E-state index < -0.39 is 0 Å². The van der Waals surface area contributed by atoms with Crippen molar-refractivity contribution < 1.29 is 0 Å². The van der Waals surface area contributed by atoms with Gasteiger partial charge in [-0.15, -0.1) is 0 Å². The molecule has 1 rings (SSSR count).